The number of esters is 1. The molecule has 0 aliphatic carbocycles. The summed E-state index contributed by atoms with van der Waals surface area (Å²) in [5.41, 5.74) is 1.84. The average molecular weight is 218 g/mol. The van der Waals surface area contributed by atoms with Gasteiger partial charge in [0.05, 0.1) is 0 Å². The van der Waals surface area contributed by atoms with Gasteiger partial charge in [-0.15, -0.1) is 0 Å². The second-order valence-electron chi connectivity index (χ2n) is 3.29. The van der Waals surface area contributed by atoms with E-state index in [1.54, 1.807) is 0 Å². The van der Waals surface area contributed by atoms with E-state index in [0.29, 0.717) is 5.89 Å². The van der Waals surface area contributed by atoms with Crippen molar-refractivity contribution < 1.29 is 14.1 Å². The lowest BCUT2D eigenvalue weighted by molar-refractivity contribution is -0.132. The highest BCUT2D eigenvalue weighted by Crippen LogP contribution is 2.22. The largest absolute Gasteiger partial charge is 0.389 e. The van der Waals surface area contributed by atoms with Crippen LogP contribution in [-0.2, 0) is 4.79 Å². The van der Waals surface area contributed by atoms with E-state index in [1.807, 2.05) is 31.2 Å². The molecule has 0 aliphatic rings. The molecule has 1 aromatic carbocycles. The van der Waals surface area contributed by atoms with Crippen molar-refractivity contribution in [3.63, 3.8) is 0 Å². The van der Waals surface area contributed by atoms with Crippen LogP contribution in [-0.4, -0.2) is 16.1 Å². The Labute approximate surface area is 92.0 Å². The first-order valence-corrected chi connectivity index (χ1v) is 4.75. The predicted molar refractivity (Wildman–Crippen MR) is 55.8 cm³/mol. The third-order valence-corrected chi connectivity index (χ3v) is 2.02. The summed E-state index contributed by atoms with van der Waals surface area (Å²) in [6.45, 7) is 3.22. The van der Waals surface area contributed by atoms with Gasteiger partial charge in [0.15, 0.2) is 0 Å². The van der Waals surface area contributed by atoms with Crippen LogP contribution in [0.25, 0.3) is 11.5 Å². The molecule has 0 radical (unpaired) electrons. The quantitative estimate of drug-likeness (QED) is 0.721. The van der Waals surface area contributed by atoms with Crippen molar-refractivity contribution in [2.24, 2.45) is 0 Å². The highest BCUT2D eigenvalue weighted by atomic mass is 16.6. The molecule has 0 N–H and O–H groups in total. The maximum atomic E-state index is 10.7. The molecule has 5 nitrogen and oxygen atoms in total. The number of benzene rings is 1. The summed E-state index contributed by atoms with van der Waals surface area (Å²) < 4.78 is 9.70. The lowest BCUT2D eigenvalue weighted by Crippen LogP contribution is -2.02. The summed E-state index contributed by atoms with van der Waals surface area (Å²) in [5, 5.41) is 3.54. The Morgan fingerprint density at radius 1 is 1.38 bits per heavy atom. The molecule has 2 aromatic rings. The molecule has 1 heterocycles. The maximum Gasteiger partial charge on any atom is 0.362 e. The molecule has 2 rings (SSSR count). The second-order valence-corrected chi connectivity index (χ2v) is 3.29. The Balaban J connectivity index is 2.32. The predicted octanol–water partition coefficient (Wildman–Crippen LogP) is 1.97. The third-order valence-electron chi connectivity index (χ3n) is 2.02. The van der Waals surface area contributed by atoms with Crippen LogP contribution in [0.1, 0.15) is 12.5 Å². The molecular weight excluding hydrogens is 208 g/mol. The van der Waals surface area contributed by atoms with Crippen molar-refractivity contribution in [3.8, 4) is 17.5 Å². The van der Waals surface area contributed by atoms with Gasteiger partial charge >= 0.3 is 12.0 Å². The fourth-order valence-corrected chi connectivity index (χ4v) is 1.30. The monoisotopic (exact) mass is 218 g/mol. The first-order chi connectivity index (χ1) is 7.66. The first-order valence-electron chi connectivity index (χ1n) is 4.75. The van der Waals surface area contributed by atoms with Gasteiger partial charge < -0.3 is 9.26 Å². The Bertz CT molecular complexity index is 519. The lowest BCUT2D eigenvalue weighted by Gasteiger charge is -1.97. The molecule has 82 valence electrons. The van der Waals surface area contributed by atoms with Gasteiger partial charge in [0.1, 0.15) is 0 Å². The van der Waals surface area contributed by atoms with Gasteiger partial charge in [-0.25, -0.2) is 0 Å². The van der Waals surface area contributed by atoms with E-state index in [9.17, 15) is 4.79 Å². The van der Waals surface area contributed by atoms with Crippen LogP contribution >= 0.6 is 0 Å². The topological polar surface area (TPSA) is 65.2 Å². The number of ether oxygens (including phenoxy) is 1. The fourth-order valence-electron chi connectivity index (χ4n) is 1.30. The smallest absolute Gasteiger partial charge is 0.362 e. The van der Waals surface area contributed by atoms with Gasteiger partial charge in [-0.05, 0) is 23.7 Å². The number of hydrogen-bond acceptors (Lipinski definition) is 5. The summed E-state index contributed by atoms with van der Waals surface area (Å²) >= 11 is 0. The number of rotatable bonds is 2. The molecule has 0 amide bonds. The number of carbonyl (C=O) groups is 1. The van der Waals surface area contributed by atoms with Crippen molar-refractivity contribution >= 4 is 5.97 Å². The molecule has 0 atom stereocenters. The zero-order valence-corrected chi connectivity index (χ0v) is 8.93. The van der Waals surface area contributed by atoms with Crippen LogP contribution in [0.4, 0.5) is 0 Å². The molecule has 5 heteroatoms. The maximum absolute atomic E-state index is 10.7. The molecule has 0 bridgehead atoms. The zero-order chi connectivity index (χ0) is 11.5. The Hall–Kier alpha value is -2.17. The van der Waals surface area contributed by atoms with Gasteiger partial charge in [0.25, 0.3) is 5.89 Å². The molecule has 0 spiro atoms. The molecule has 0 aliphatic heterocycles. The summed E-state index contributed by atoms with van der Waals surface area (Å²) in [5.74, 6) is -0.133. The van der Waals surface area contributed by atoms with E-state index in [-0.39, 0.29) is 6.01 Å². The Kier molecular flexibility index (Phi) is 2.68. The van der Waals surface area contributed by atoms with E-state index < -0.39 is 5.97 Å². The highest BCUT2D eigenvalue weighted by molar-refractivity contribution is 5.68. The van der Waals surface area contributed by atoms with Crippen molar-refractivity contribution in [1.82, 2.24) is 10.1 Å². The number of hydrogen-bond donors (Lipinski definition) is 0. The zero-order valence-electron chi connectivity index (χ0n) is 8.93. The minimum absolute atomic E-state index is 0.0641. The SMILES string of the molecule is CC(=O)Oc1noc(-c2ccccc2C)n1. The highest BCUT2D eigenvalue weighted by Gasteiger charge is 2.12. The molecule has 0 fully saturated rings. The normalized spacial score (nSPS) is 10.1. The van der Waals surface area contributed by atoms with Crippen LogP contribution in [0.3, 0.4) is 0 Å². The van der Waals surface area contributed by atoms with Crippen molar-refractivity contribution in [1.29, 1.82) is 0 Å². The molecule has 1 aromatic heterocycles. The van der Waals surface area contributed by atoms with E-state index in [4.69, 9.17) is 9.26 Å². The lowest BCUT2D eigenvalue weighted by atomic mass is 10.1. The van der Waals surface area contributed by atoms with E-state index in [2.05, 4.69) is 10.1 Å². The van der Waals surface area contributed by atoms with Crippen molar-refractivity contribution in [3.05, 3.63) is 29.8 Å². The number of aryl methyl sites for hydroxylation is 1. The Morgan fingerprint density at radius 3 is 2.81 bits per heavy atom. The molecule has 0 unspecified atom stereocenters. The van der Waals surface area contributed by atoms with Gasteiger partial charge in [0, 0.05) is 12.5 Å². The fraction of sp³-hybridized carbons (Fsp3) is 0.182. The first kappa shape index (κ1) is 10.4. The third kappa shape index (κ3) is 2.08. The van der Waals surface area contributed by atoms with Gasteiger partial charge in [-0.2, -0.15) is 4.98 Å². The van der Waals surface area contributed by atoms with Crippen LogP contribution in [0.5, 0.6) is 6.01 Å². The summed E-state index contributed by atoms with van der Waals surface area (Å²) in [6.07, 6.45) is 0. The number of carbonyl (C=O) groups excluding carboxylic acids is 1. The van der Waals surface area contributed by atoms with E-state index >= 15 is 0 Å². The van der Waals surface area contributed by atoms with Gasteiger partial charge in [-0.1, -0.05) is 18.2 Å². The van der Waals surface area contributed by atoms with Crippen molar-refractivity contribution in [2.45, 2.75) is 13.8 Å². The minimum Gasteiger partial charge on any atom is -0.389 e. The van der Waals surface area contributed by atoms with Gasteiger partial charge in [0.2, 0.25) is 0 Å². The van der Waals surface area contributed by atoms with Crippen LogP contribution in [0.15, 0.2) is 28.8 Å². The summed E-state index contributed by atoms with van der Waals surface area (Å²) in [6, 6.07) is 7.52. The van der Waals surface area contributed by atoms with Crippen LogP contribution in [0, 0.1) is 6.92 Å². The number of aromatic nitrogens is 2. The Morgan fingerprint density at radius 2 is 2.12 bits per heavy atom. The average Bonchev–Trinajstić information content (AvgIpc) is 2.66. The molecule has 0 saturated carbocycles. The summed E-state index contributed by atoms with van der Waals surface area (Å²) in [7, 11) is 0. The standard InChI is InChI=1S/C11H10N2O3/c1-7-5-3-4-6-9(7)10-12-11(13-16-10)15-8(2)14/h3-6H,1-2H3. The minimum atomic E-state index is -0.475. The van der Waals surface area contributed by atoms with Crippen LogP contribution < -0.4 is 4.74 Å². The van der Waals surface area contributed by atoms with E-state index in [0.717, 1.165) is 11.1 Å². The molecule has 16 heavy (non-hydrogen) atoms. The number of nitrogens with zero attached hydrogens (tertiary/aromatic N) is 2. The van der Waals surface area contributed by atoms with Crippen LogP contribution in [0.2, 0.25) is 0 Å². The van der Waals surface area contributed by atoms with Crippen molar-refractivity contribution in [2.75, 3.05) is 0 Å². The molecule has 0 saturated heterocycles. The second kappa shape index (κ2) is 4.14. The van der Waals surface area contributed by atoms with Gasteiger partial charge in [-0.3, -0.25) is 4.79 Å². The summed E-state index contributed by atoms with van der Waals surface area (Å²) in [4.78, 5) is 14.6. The molecular formula is C11H10N2O3. The van der Waals surface area contributed by atoms with E-state index in [1.165, 1.54) is 6.92 Å².